The molecule has 20 heavy (non-hydrogen) atoms. The van der Waals surface area contributed by atoms with E-state index >= 15 is 0 Å². The Morgan fingerprint density at radius 1 is 1.25 bits per heavy atom. The van der Waals surface area contributed by atoms with E-state index in [-0.39, 0.29) is 5.28 Å². The second-order valence-electron chi connectivity index (χ2n) is 4.67. The fourth-order valence-electron chi connectivity index (χ4n) is 1.83. The zero-order valence-electron chi connectivity index (χ0n) is 11.1. The first-order valence-corrected chi connectivity index (χ1v) is 9.29. The summed E-state index contributed by atoms with van der Waals surface area (Å²) in [6.07, 6.45) is 1.44. The lowest BCUT2D eigenvalue weighted by Crippen LogP contribution is -2.14. The molecule has 0 bridgehead atoms. The first-order chi connectivity index (χ1) is 9.38. The van der Waals surface area contributed by atoms with E-state index in [2.05, 4.69) is 15.3 Å². The van der Waals surface area contributed by atoms with E-state index in [0.717, 1.165) is 10.9 Å². The zero-order valence-corrected chi connectivity index (χ0v) is 13.5. The van der Waals surface area contributed by atoms with E-state index in [9.17, 15) is 4.57 Å². The van der Waals surface area contributed by atoms with Crippen molar-refractivity contribution in [2.24, 2.45) is 0 Å². The van der Waals surface area contributed by atoms with Crippen LogP contribution in [-0.4, -0.2) is 23.3 Å². The number of anilines is 1. The molecule has 0 aliphatic rings. The molecule has 7 heteroatoms. The average molecular weight is 330 g/mol. The Hall–Kier alpha value is -1.09. The Morgan fingerprint density at radius 3 is 2.65 bits per heavy atom. The molecule has 0 amide bonds. The summed E-state index contributed by atoms with van der Waals surface area (Å²) in [6.45, 7) is 3.97. The zero-order chi connectivity index (χ0) is 14.8. The predicted octanol–water partition coefficient (Wildman–Crippen LogP) is 3.64. The molecular weight excluding hydrogens is 316 g/mol. The van der Waals surface area contributed by atoms with Gasteiger partial charge in [0.1, 0.15) is 18.0 Å². The molecule has 2 rings (SSSR count). The van der Waals surface area contributed by atoms with Crippen molar-refractivity contribution in [1.82, 2.24) is 9.97 Å². The molecule has 0 unspecified atom stereocenters. The van der Waals surface area contributed by atoms with Crippen LogP contribution < -0.4 is 10.6 Å². The number of hydrogen-bond acceptors (Lipinski definition) is 4. The highest BCUT2D eigenvalue weighted by molar-refractivity contribution is 7.70. The lowest BCUT2D eigenvalue weighted by atomic mass is 10.2. The van der Waals surface area contributed by atoms with Crippen LogP contribution in [0, 0.1) is 0 Å². The molecule has 4 nitrogen and oxygen atoms in total. The summed E-state index contributed by atoms with van der Waals surface area (Å²) in [7, 11) is -2.33. The smallest absolute Gasteiger partial charge is 0.224 e. The molecule has 106 valence electrons. The van der Waals surface area contributed by atoms with Crippen molar-refractivity contribution in [2.75, 3.05) is 18.6 Å². The highest BCUT2D eigenvalue weighted by atomic mass is 35.5. The van der Waals surface area contributed by atoms with Crippen LogP contribution in [0.5, 0.6) is 0 Å². The van der Waals surface area contributed by atoms with Gasteiger partial charge in [-0.15, -0.1) is 0 Å². The minimum absolute atomic E-state index is 0.127. The SMILES string of the molecule is CP(C)(=O)c1ccccc1CNc1nc(Cl)ncc1Cl. The lowest BCUT2D eigenvalue weighted by Gasteiger charge is -2.14. The second-order valence-corrected chi connectivity index (χ2v) is 8.60. The summed E-state index contributed by atoms with van der Waals surface area (Å²) in [5.74, 6) is 0.462. The summed E-state index contributed by atoms with van der Waals surface area (Å²) in [4.78, 5) is 7.81. The van der Waals surface area contributed by atoms with E-state index in [4.69, 9.17) is 23.2 Å². The van der Waals surface area contributed by atoms with E-state index in [1.165, 1.54) is 6.20 Å². The van der Waals surface area contributed by atoms with Crippen LogP contribution in [0.2, 0.25) is 10.3 Å². The molecule has 0 aliphatic carbocycles. The molecule has 1 aromatic carbocycles. The molecule has 1 heterocycles. The molecule has 0 radical (unpaired) electrons. The summed E-state index contributed by atoms with van der Waals surface area (Å²) < 4.78 is 12.3. The molecule has 1 N–H and O–H groups in total. The number of benzene rings is 1. The maximum absolute atomic E-state index is 12.3. The number of hydrogen-bond donors (Lipinski definition) is 1. The van der Waals surface area contributed by atoms with Gasteiger partial charge in [-0.25, -0.2) is 4.98 Å². The van der Waals surface area contributed by atoms with Crippen LogP contribution in [0.15, 0.2) is 30.5 Å². The van der Waals surface area contributed by atoms with Crippen molar-refractivity contribution in [1.29, 1.82) is 0 Å². The molecular formula is C13H14Cl2N3OP. The third-order valence-electron chi connectivity index (χ3n) is 2.73. The van der Waals surface area contributed by atoms with Crippen molar-refractivity contribution in [3.63, 3.8) is 0 Å². The highest BCUT2D eigenvalue weighted by Gasteiger charge is 2.15. The van der Waals surface area contributed by atoms with Gasteiger partial charge in [-0.3, -0.25) is 0 Å². The van der Waals surface area contributed by atoms with Crippen LogP contribution in [0.1, 0.15) is 5.56 Å². The first kappa shape index (κ1) is 15.3. The van der Waals surface area contributed by atoms with E-state index in [1.54, 1.807) is 13.3 Å². The summed E-state index contributed by atoms with van der Waals surface area (Å²) in [6, 6.07) is 7.60. The Balaban J connectivity index is 2.24. The first-order valence-electron chi connectivity index (χ1n) is 5.93. The Morgan fingerprint density at radius 2 is 1.95 bits per heavy atom. The average Bonchev–Trinajstić information content (AvgIpc) is 2.39. The normalized spacial score (nSPS) is 11.4. The third-order valence-corrected chi connectivity index (χ3v) is 4.79. The van der Waals surface area contributed by atoms with Gasteiger partial charge in [0.15, 0.2) is 0 Å². The van der Waals surface area contributed by atoms with Gasteiger partial charge >= 0.3 is 0 Å². The van der Waals surface area contributed by atoms with Crippen molar-refractivity contribution in [3.8, 4) is 0 Å². The van der Waals surface area contributed by atoms with Crippen LogP contribution >= 0.6 is 30.3 Å². The fourth-order valence-corrected chi connectivity index (χ4v) is 3.42. The summed E-state index contributed by atoms with van der Waals surface area (Å²) >= 11 is 11.7. The fraction of sp³-hybridized carbons (Fsp3) is 0.231. The molecule has 0 saturated heterocycles. The van der Waals surface area contributed by atoms with Gasteiger partial charge in [0.25, 0.3) is 0 Å². The van der Waals surface area contributed by atoms with E-state index in [0.29, 0.717) is 17.4 Å². The van der Waals surface area contributed by atoms with Crippen molar-refractivity contribution >= 4 is 41.5 Å². The Bertz CT molecular complexity index is 672. The van der Waals surface area contributed by atoms with Crippen LogP contribution in [0.3, 0.4) is 0 Å². The van der Waals surface area contributed by atoms with E-state index in [1.807, 2.05) is 24.3 Å². The summed E-state index contributed by atoms with van der Waals surface area (Å²) in [5, 5.41) is 4.46. The Kier molecular flexibility index (Phi) is 4.69. The highest BCUT2D eigenvalue weighted by Crippen LogP contribution is 2.36. The molecule has 1 aromatic heterocycles. The van der Waals surface area contributed by atoms with Crippen LogP contribution in [0.4, 0.5) is 5.82 Å². The topological polar surface area (TPSA) is 54.9 Å². The molecule has 0 fully saturated rings. The Labute approximate surface area is 127 Å². The maximum atomic E-state index is 12.3. The molecule has 0 aliphatic heterocycles. The minimum Gasteiger partial charge on any atom is -0.365 e. The monoisotopic (exact) mass is 329 g/mol. The van der Waals surface area contributed by atoms with Gasteiger partial charge in [0.2, 0.25) is 5.28 Å². The van der Waals surface area contributed by atoms with Crippen molar-refractivity contribution < 1.29 is 4.57 Å². The van der Waals surface area contributed by atoms with Crippen molar-refractivity contribution in [3.05, 3.63) is 46.3 Å². The van der Waals surface area contributed by atoms with Gasteiger partial charge in [0.05, 0.1) is 6.20 Å². The largest absolute Gasteiger partial charge is 0.365 e. The number of halogens is 2. The quantitative estimate of drug-likeness (QED) is 0.687. The number of nitrogens with one attached hydrogen (secondary N) is 1. The van der Waals surface area contributed by atoms with Gasteiger partial charge in [-0.2, -0.15) is 4.98 Å². The second kappa shape index (κ2) is 6.13. The van der Waals surface area contributed by atoms with Gasteiger partial charge in [0, 0.05) is 11.8 Å². The third kappa shape index (κ3) is 3.72. The maximum Gasteiger partial charge on any atom is 0.224 e. The van der Waals surface area contributed by atoms with Gasteiger partial charge in [-0.05, 0) is 30.5 Å². The van der Waals surface area contributed by atoms with Crippen LogP contribution in [-0.2, 0) is 11.1 Å². The molecule has 0 saturated carbocycles. The van der Waals surface area contributed by atoms with E-state index < -0.39 is 7.14 Å². The lowest BCUT2D eigenvalue weighted by molar-refractivity contribution is 0.588. The summed E-state index contributed by atoms with van der Waals surface area (Å²) in [5.41, 5.74) is 0.951. The molecule has 0 atom stereocenters. The van der Waals surface area contributed by atoms with Gasteiger partial charge in [-0.1, -0.05) is 35.9 Å². The van der Waals surface area contributed by atoms with Crippen LogP contribution in [0.25, 0.3) is 0 Å². The number of aromatic nitrogens is 2. The number of nitrogens with zero attached hydrogens (tertiary/aromatic N) is 2. The standard InChI is InChI=1S/C13H14Cl2N3OP/c1-20(2,19)11-6-4-3-5-9(11)7-16-12-10(14)8-17-13(15)18-12/h3-6,8H,7H2,1-2H3,(H,16,17,18). The van der Waals surface area contributed by atoms with Crippen molar-refractivity contribution in [2.45, 2.75) is 6.54 Å². The molecule has 0 spiro atoms. The predicted molar refractivity (Wildman–Crippen MR) is 84.9 cm³/mol. The van der Waals surface area contributed by atoms with Gasteiger partial charge < -0.3 is 9.88 Å². The minimum atomic E-state index is -2.33. The number of rotatable bonds is 4. The molecule has 2 aromatic rings.